The molecule has 0 bridgehead atoms. The normalized spacial score (nSPS) is 10.4. The summed E-state index contributed by atoms with van der Waals surface area (Å²) in [7, 11) is 0. The van der Waals surface area contributed by atoms with Crippen molar-refractivity contribution in [3.63, 3.8) is 0 Å². The van der Waals surface area contributed by atoms with Crippen LogP contribution in [0.2, 0.25) is 0 Å². The molecule has 0 aliphatic rings. The van der Waals surface area contributed by atoms with Crippen molar-refractivity contribution in [1.82, 2.24) is 9.97 Å². The van der Waals surface area contributed by atoms with E-state index >= 15 is 0 Å². The van der Waals surface area contributed by atoms with Gasteiger partial charge in [-0.25, -0.2) is 14.4 Å². The number of aliphatic hydroxyl groups excluding tert-OH is 1. The van der Waals surface area contributed by atoms with E-state index < -0.39 is 0 Å². The zero-order chi connectivity index (χ0) is 13.0. The first-order chi connectivity index (χ1) is 8.76. The van der Waals surface area contributed by atoms with E-state index in [1.54, 1.807) is 18.3 Å². The summed E-state index contributed by atoms with van der Waals surface area (Å²) in [5, 5.41) is 9.28. The van der Waals surface area contributed by atoms with Crippen LogP contribution in [0.4, 0.5) is 15.9 Å². The SMILES string of the molecule is CCN(c1cccc(F)c1)c1ncncc1CO. The smallest absolute Gasteiger partial charge is 0.141 e. The van der Waals surface area contributed by atoms with Gasteiger partial charge in [0.05, 0.1) is 6.61 Å². The van der Waals surface area contributed by atoms with Gasteiger partial charge in [0.15, 0.2) is 0 Å². The molecular weight excluding hydrogens is 233 g/mol. The van der Waals surface area contributed by atoms with Crippen molar-refractivity contribution in [2.75, 3.05) is 11.4 Å². The van der Waals surface area contributed by atoms with Crippen LogP contribution in [0.3, 0.4) is 0 Å². The van der Waals surface area contributed by atoms with Crippen molar-refractivity contribution >= 4 is 11.5 Å². The number of nitrogens with zero attached hydrogens (tertiary/aromatic N) is 3. The van der Waals surface area contributed by atoms with Crippen LogP contribution < -0.4 is 4.90 Å². The molecule has 0 aliphatic carbocycles. The topological polar surface area (TPSA) is 49.2 Å². The molecule has 0 saturated heterocycles. The third-order valence-corrected chi connectivity index (χ3v) is 2.63. The van der Waals surface area contributed by atoms with Gasteiger partial charge in [-0.2, -0.15) is 0 Å². The van der Waals surface area contributed by atoms with Gasteiger partial charge in [-0.15, -0.1) is 0 Å². The maximum absolute atomic E-state index is 13.3. The van der Waals surface area contributed by atoms with Gasteiger partial charge in [-0.3, -0.25) is 0 Å². The largest absolute Gasteiger partial charge is 0.391 e. The highest BCUT2D eigenvalue weighted by Crippen LogP contribution is 2.26. The third-order valence-electron chi connectivity index (χ3n) is 2.63. The van der Waals surface area contributed by atoms with Crippen LogP contribution in [0, 0.1) is 5.82 Å². The van der Waals surface area contributed by atoms with Crippen molar-refractivity contribution in [3.8, 4) is 0 Å². The fourth-order valence-electron chi connectivity index (χ4n) is 1.81. The molecule has 2 rings (SSSR count). The van der Waals surface area contributed by atoms with E-state index in [9.17, 15) is 9.50 Å². The second-order valence-electron chi connectivity index (χ2n) is 3.75. The van der Waals surface area contributed by atoms with Crippen molar-refractivity contribution in [1.29, 1.82) is 0 Å². The molecule has 18 heavy (non-hydrogen) atoms. The lowest BCUT2D eigenvalue weighted by atomic mass is 10.2. The van der Waals surface area contributed by atoms with E-state index in [0.717, 1.165) is 0 Å². The number of hydrogen-bond acceptors (Lipinski definition) is 4. The van der Waals surface area contributed by atoms with Crippen molar-refractivity contribution in [3.05, 3.63) is 48.2 Å². The Bertz CT molecular complexity index is 533. The molecule has 1 aromatic heterocycles. The molecule has 0 unspecified atom stereocenters. The zero-order valence-corrected chi connectivity index (χ0v) is 10.0. The van der Waals surface area contributed by atoms with Gasteiger partial charge >= 0.3 is 0 Å². The standard InChI is InChI=1S/C13H14FN3O/c1-2-17(12-5-3-4-11(14)6-12)13-10(8-18)7-15-9-16-13/h3-7,9,18H,2,8H2,1H3. The molecule has 0 saturated carbocycles. The van der Waals surface area contributed by atoms with Gasteiger partial charge in [0, 0.05) is 24.0 Å². The van der Waals surface area contributed by atoms with Crippen LogP contribution in [-0.2, 0) is 6.61 Å². The summed E-state index contributed by atoms with van der Waals surface area (Å²) in [5.41, 5.74) is 1.31. The lowest BCUT2D eigenvalue weighted by molar-refractivity contribution is 0.281. The number of rotatable bonds is 4. The minimum Gasteiger partial charge on any atom is -0.391 e. The minimum atomic E-state index is -0.300. The first-order valence-corrected chi connectivity index (χ1v) is 5.69. The summed E-state index contributed by atoms with van der Waals surface area (Å²) in [4.78, 5) is 9.86. The molecule has 0 aliphatic heterocycles. The molecule has 4 nitrogen and oxygen atoms in total. The predicted molar refractivity (Wildman–Crippen MR) is 67.0 cm³/mol. The summed E-state index contributed by atoms with van der Waals surface area (Å²) >= 11 is 0. The average Bonchev–Trinajstić information content (AvgIpc) is 2.40. The Balaban J connectivity index is 2.45. The van der Waals surface area contributed by atoms with Crippen LogP contribution in [-0.4, -0.2) is 21.6 Å². The number of benzene rings is 1. The van der Waals surface area contributed by atoms with Gasteiger partial charge in [-0.05, 0) is 25.1 Å². The van der Waals surface area contributed by atoms with E-state index in [2.05, 4.69) is 9.97 Å². The molecule has 1 heterocycles. The van der Waals surface area contributed by atoms with Gasteiger partial charge < -0.3 is 10.0 Å². The summed E-state index contributed by atoms with van der Waals surface area (Å²) < 4.78 is 13.3. The second kappa shape index (κ2) is 5.55. The van der Waals surface area contributed by atoms with E-state index in [-0.39, 0.29) is 12.4 Å². The predicted octanol–water partition coefficient (Wildman–Crippen LogP) is 2.27. The molecule has 1 N–H and O–H groups in total. The van der Waals surface area contributed by atoms with Crippen LogP contribution >= 0.6 is 0 Å². The van der Waals surface area contributed by atoms with E-state index in [1.165, 1.54) is 18.5 Å². The van der Waals surface area contributed by atoms with Gasteiger partial charge in [-0.1, -0.05) is 6.07 Å². The molecule has 0 atom stereocenters. The van der Waals surface area contributed by atoms with Crippen molar-refractivity contribution in [2.24, 2.45) is 0 Å². The molecule has 0 fully saturated rings. The number of anilines is 2. The van der Waals surface area contributed by atoms with Crippen LogP contribution in [0.5, 0.6) is 0 Å². The second-order valence-corrected chi connectivity index (χ2v) is 3.75. The summed E-state index contributed by atoms with van der Waals surface area (Å²) in [6, 6.07) is 6.28. The Morgan fingerprint density at radius 1 is 1.39 bits per heavy atom. The number of aliphatic hydroxyl groups is 1. The molecule has 5 heteroatoms. The van der Waals surface area contributed by atoms with Gasteiger partial charge in [0.25, 0.3) is 0 Å². The van der Waals surface area contributed by atoms with E-state index in [1.807, 2.05) is 11.8 Å². The molecule has 0 amide bonds. The Morgan fingerprint density at radius 2 is 2.22 bits per heavy atom. The summed E-state index contributed by atoms with van der Waals surface area (Å²) in [6.07, 6.45) is 2.97. The van der Waals surface area contributed by atoms with E-state index in [4.69, 9.17) is 0 Å². The Labute approximate surface area is 105 Å². The first kappa shape index (κ1) is 12.4. The third kappa shape index (κ3) is 2.46. The first-order valence-electron chi connectivity index (χ1n) is 5.69. The van der Waals surface area contributed by atoms with Crippen molar-refractivity contribution in [2.45, 2.75) is 13.5 Å². The van der Waals surface area contributed by atoms with E-state index in [0.29, 0.717) is 23.6 Å². The Morgan fingerprint density at radius 3 is 2.89 bits per heavy atom. The zero-order valence-electron chi connectivity index (χ0n) is 10.0. The highest BCUT2D eigenvalue weighted by molar-refractivity contribution is 5.62. The van der Waals surface area contributed by atoms with Crippen LogP contribution in [0.25, 0.3) is 0 Å². The maximum atomic E-state index is 13.3. The number of aromatic nitrogens is 2. The Hall–Kier alpha value is -2.01. The monoisotopic (exact) mass is 247 g/mol. The summed E-state index contributed by atoms with van der Waals surface area (Å²) in [6.45, 7) is 2.41. The highest BCUT2D eigenvalue weighted by atomic mass is 19.1. The number of hydrogen-bond donors (Lipinski definition) is 1. The Kier molecular flexibility index (Phi) is 3.84. The average molecular weight is 247 g/mol. The van der Waals surface area contributed by atoms with Crippen LogP contribution in [0.15, 0.2) is 36.8 Å². The molecule has 0 spiro atoms. The lowest BCUT2D eigenvalue weighted by Gasteiger charge is -2.23. The number of halogens is 1. The quantitative estimate of drug-likeness (QED) is 0.900. The van der Waals surface area contributed by atoms with Crippen LogP contribution in [0.1, 0.15) is 12.5 Å². The molecular formula is C13H14FN3O. The molecule has 0 radical (unpaired) electrons. The molecule has 1 aromatic carbocycles. The van der Waals surface area contributed by atoms with Gasteiger partial charge in [0.2, 0.25) is 0 Å². The van der Waals surface area contributed by atoms with Gasteiger partial charge in [0.1, 0.15) is 18.0 Å². The van der Waals surface area contributed by atoms with Crippen molar-refractivity contribution < 1.29 is 9.50 Å². The maximum Gasteiger partial charge on any atom is 0.141 e. The fraction of sp³-hybridized carbons (Fsp3) is 0.231. The lowest BCUT2D eigenvalue weighted by Crippen LogP contribution is -2.19. The molecule has 94 valence electrons. The molecule has 2 aromatic rings. The summed E-state index contributed by atoms with van der Waals surface area (Å²) in [5.74, 6) is 0.297. The highest BCUT2D eigenvalue weighted by Gasteiger charge is 2.13. The fourth-order valence-corrected chi connectivity index (χ4v) is 1.81. The minimum absolute atomic E-state index is 0.151.